The lowest BCUT2D eigenvalue weighted by Crippen LogP contribution is -2.41. The molecule has 0 saturated carbocycles. The van der Waals surface area contributed by atoms with Gasteiger partial charge in [0.1, 0.15) is 0 Å². The Bertz CT molecular complexity index is 734. The van der Waals surface area contributed by atoms with Crippen LogP contribution in [-0.4, -0.2) is 23.9 Å². The van der Waals surface area contributed by atoms with Gasteiger partial charge in [0.15, 0.2) is 0 Å². The van der Waals surface area contributed by atoms with Gasteiger partial charge in [0.2, 0.25) is 5.91 Å². The third-order valence-electron chi connectivity index (χ3n) is 5.48. The molecule has 0 spiro atoms. The van der Waals surface area contributed by atoms with E-state index in [2.05, 4.69) is 60.5 Å². The molecular formula is C23H29ClN2O. The molecule has 0 bridgehead atoms. The van der Waals surface area contributed by atoms with Gasteiger partial charge in [-0.1, -0.05) is 60.5 Å². The molecule has 1 fully saturated rings. The predicted octanol–water partition coefficient (Wildman–Crippen LogP) is 5.13. The van der Waals surface area contributed by atoms with Crippen LogP contribution in [-0.2, 0) is 11.3 Å². The van der Waals surface area contributed by atoms with Crippen molar-refractivity contribution in [1.29, 1.82) is 0 Å². The summed E-state index contributed by atoms with van der Waals surface area (Å²) >= 11 is 5.96. The molecule has 2 aromatic carbocycles. The van der Waals surface area contributed by atoms with Crippen molar-refractivity contribution in [2.45, 2.75) is 45.7 Å². The zero-order valence-corrected chi connectivity index (χ0v) is 17.0. The number of nitrogens with one attached hydrogen (secondary N) is 1. The highest BCUT2D eigenvalue weighted by Crippen LogP contribution is 2.23. The fourth-order valence-corrected chi connectivity index (χ4v) is 3.84. The monoisotopic (exact) mass is 384 g/mol. The first-order valence-electron chi connectivity index (χ1n) is 9.89. The highest BCUT2D eigenvalue weighted by molar-refractivity contribution is 6.30. The van der Waals surface area contributed by atoms with Gasteiger partial charge in [0.25, 0.3) is 0 Å². The molecule has 0 aromatic heterocycles. The number of hydrogen-bond acceptors (Lipinski definition) is 2. The number of likely N-dealkylation sites (tertiary alicyclic amines) is 1. The smallest absolute Gasteiger partial charge is 0.223 e. The molecule has 3 rings (SSSR count). The van der Waals surface area contributed by atoms with Crippen LogP contribution in [0.25, 0.3) is 0 Å². The van der Waals surface area contributed by atoms with E-state index in [1.807, 2.05) is 12.1 Å². The number of amides is 1. The van der Waals surface area contributed by atoms with Gasteiger partial charge in [-0.25, -0.2) is 0 Å². The van der Waals surface area contributed by atoms with E-state index in [1.165, 1.54) is 16.7 Å². The van der Waals surface area contributed by atoms with Gasteiger partial charge in [-0.05, 0) is 62.5 Å². The molecule has 1 amide bonds. The Kier molecular flexibility index (Phi) is 6.92. The molecule has 144 valence electrons. The van der Waals surface area contributed by atoms with Crippen LogP contribution in [0.15, 0.2) is 48.5 Å². The molecule has 1 aliphatic rings. The van der Waals surface area contributed by atoms with Crippen molar-refractivity contribution >= 4 is 17.5 Å². The van der Waals surface area contributed by atoms with Gasteiger partial charge in [0.05, 0.1) is 6.04 Å². The molecule has 4 heteroatoms. The maximum Gasteiger partial charge on any atom is 0.223 e. The number of nitrogens with zero attached hydrogens (tertiary/aromatic N) is 1. The maximum atomic E-state index is 12.8. The Hall–Kier alpha value is -1.84. The van der Waals surface area contributed by atoms with Crippen LogP contribution in [0, 0.1) is 12.8 Å². The Balaban J connectivity index is 1.50. The zero-order valence-electron chi connectivity index (χ0n) is 16.2. The minimum Gasteiger partial charge on any atom is -0.349 e. The summed E-state index contributed by atoms with van der Waals surface area (Å²) in [5.41, 5.74) is 3.71. The van der Waals surface area contributed by atoms with Crippen LogP contribution < -0.4 is 5.32 Å². The highest BCUT2D eigenvalue weighted by atomic mass is 35.5. The van der Waals surface area contributed by atoms with Crippen LogP contribution in [0.1, 0.15) is 48.9 Å². The number of carbonyl (C=O) groups excluding carboxylic acids is 1. The summed E-state index contributed by atoms with van der Waals surface area (Å²) in [5, 5.41) is 4.04. The number of piperidine rings is 1. The van der Waals surface area contributed by atoms with Crippen molar-refractivity contribution in [2.75, 3.05) is 13.1 Å². The Morgan fingerprint density at radius 1 is 1.11 bits per heavy atom. The SMILES string of the molecule is CC[C@H](NC(=O)C1CCN(Cc2ccc(Cl)cc2)CC1)c1ccc(C)cc1. The molecule has 1 heterocycles. The van der Waals surface area contributed by atoms with Crippen molar-refractivity contribution in [1.82, 2.24) is 10.2 Å². The topological polar surface area (TPSA) is 32.3 Å². The lowest BCUT2D eigenvalue weighted by molar-refractivity contribution is -0.127. The van der Waals surface area contributed by atoms with E-state index >= 15 is 0 Å². The second-order valence-electron chi connectivity index (χ2n) is 7.56. The molecule has 27 heavy (non-hydrogen) atoms. The summed E-state index contributed by atoms with van der Waals surface area (Å²) in [4.78, 5) is 15.2. The quantitative estimate of drug-likeness (QED) is 0.748. The number of benzene rings is 2. The molecule has 0 unspecified atom stereocenters. The van der Waals surface area contributed by atoms with E-state index in [4.69, 9.17) is 11.6 Å². The Morgan fingerprint density at radius 3 is 2.33 bits per heavy atom. The van der Waals surface area contributed by atoms with E-state index < -0.39 is 0 Å². The third kappa shape index (κ3) is 5.57. The summed E-state index contributed by atoms with van der Waals surface area (Å²) < 4.78 is 0. The summed E-state index contributed by atoms with van der Waals surface area (Å²) in [6, 6.07) is 16.6. The van der Waals surface area contributed by atoms with E-state index in [0.29, 0.717) is 0 Å². The minimum atomic E-state index is 0.102. The van der Waals surface area contributed by atoms with Crippen molar-refractivity contribution in [3.05, 3.63) is 70.2 Å². The molecule has 1 aliphatic heterocycles. The number of carbonyl (C=O) groups is 1. The van der Waals surface area contributed by atoms with Crippen molar-refractivity contribution in [2.24, 2.45) is 5.92 Å². The molecule has 1 N–H and O–H groups in total. The first-order chi connectivity index (χ1) is 13.0. The Labute approximate surface area is 167 Å². The van der Waals surface area contributed by atoms with E-state index in [1.54, 1.807) is 0 Å². The number of halogens is 1. The van der Waals surface area contributed by atoms with Gasteiger partial charge in [-0.15, -0.1) is 0 Å². The normalized spacial score (nSPS) is 16.9. The molecule has 0 radical (unpaired) electrons. The van der Waals surface area contributed by atoms with E-state index in [0.717, 1.165) is 43.9 Å². The second kappa shape index (κ2) is 9.38. The summed E-state index contributed by atoms with van der Waals surface area (Å²) in [5.74, 6) is 0.319. The zero-order chi connectivity index (χ0) is 19.2. The number of hydrogen-bond donors (Lipinski definition) is 1. The largest absolute Gasteiger partial charge is 0.349 e. The van der Waals surface area contributed by atoms with Crippen LogP contribution in [0.5, 0.6) is 0 Å². The molecule has 0 aliphatic carbocycles. The van der Waals surface area contributed by atoms with Crippen LogP contribution in [0.4, 0.5) is 0 Å². The number of aryl methyl sites for hydroxylation is 1. The van der Waals surface area contributed by atoms with Gasteiger partial charge < -0.3 is 5.32 Å². The lowest BCUT2D eigenvalue weighted by atomic mass is 9.94. The van der Waals surface area contributed by atoms with Crippen LogP contribution in [0.2, 0.25) is 5.02 Å². The summed E-state index contributed by atoms with van der Waals surface area (Å²) in [6.45, 7) is 7.05. The molecule has 1 saturated heterocycles. The van der Waals surface area contributed by atoms with Gasteiger partial charge in [0, 0.05) is 17.5 Å². The van der Waals surface area contributed by atoms with Gasteiger partial charge in [-0.2, -0.15) is 0 Å². The molecule has 1 atom stereocenters. The highest BCUT2D eigenvalue weighted by Gasteiger charge is 2.26. The first kappa shape index (κ1) is 19.9. The average molecular weight is 385 g/mol. The fourth-order valence-electron chi connectivity index (χ4n) is 3.71. The predicted molar refractivity (Wildman–Crippen MR) is 112 cm³/mol. The van der Waals surface area contributed by atoms with E-state index in [9.17, 15) is 4.79 Å². The maximum absolute atomic E-state index is 12.8. The van der Waals surface area contributed by atoms with Crippen molar-refractivity contribution < 1.29 is 4.79 Å². The van der Waals surface area contributed by atoms with Gasteiger partial charge in [-0.3, -0.25) is 9.69 Å². The number of rotatable bonds is 6. The van der Waals surface area contributed by atoms with Crippen LogP contribution >= 0.6 is 11.6 Å². The van der Waals surface area contributed by atoms with E-state index in [-0.39, 0.29) is 17.9 Å². The summed E-state index contributed by atoms with van der Waals surface area (Å²) in [7, 11) is 0. The summed E-state index contributed by atoms with van der Waals surface area (Å²) in [6.07, 6.45) is 2.75. The van der Waals surface area contributed by atoms with Crippen LogP contribution in [0.3, 0.4) is 0 Å². The van der Waals surface area contributed by atoms with Crippen molar-refractivity contribution in [3.63, 3.8) is 0 Å². The molecule has 3 nitrogen and oxygen atoms in total. The average Bonchev–Trinajstić information content (AvgIpc) is 2.69. The van der Waals surface area contributed by atoms with Crippen molar-refractivity contribution in [3.8, 4) is 0 Å². The van der Waals surface area contributed by atoms with Gasteiger partial charge >= 0.3 is 0 Å². The fraction of sp³-hybridized carbons (Fsp3) is 0.435. The molecule has 2 aromatic rings. The Morgan fingerprint density at radius 2 is 1.74 bits per heavy atom. The lowest BCUT2D eigenvalue weighted by Gasteiger charge is -2.32. The first-order valence-corrected chi connectivity index (χ1v) is 10.3. The second-order valence-corrected chi connectivity index (χ2v) is 7.99. The third-order valence-corrected chi connectivity index (χ3v) is 5.73. The molecular weight excluding hydrogens is 356 g/mol. The minimum absolute atomic E-state index is 0.102. The standard InChI is InChI=1S/C23H29ClN2O/c1-3-22(19-8-4-17(2)5-9-19)25-23(27)20-12-14-26(15-13-20)16-18-6-10-21(24)11-7-18/h4-11,20,22H,3,12-16H2,1-2H3,(H,25,27)/t22-/m0/s1.